The van der Waals surface area contributed by atoms with Crippen LogP contribution in [-0.2, 0) is 14.3 Å². The summed E-state index contributed by atoms with van der Waals surface area (Å²) in [5.41, 5.74) is -1.09. The first-order valence-electron chi connectivity index (χ1n) is 5.21. The fraction of sp³-hybridized carbons (Fsp3) is 0.700. The zero-order valence-corrected chi connectivity index (χ0v) is 10.3. The highest BCUT2D eigenvalue weighted by molar-refractivity contribution is 5.98. The molecular weight excluding hydrogens is 228 g/mol. The van der Waals surface area contributed by atoms with Gasteiger partial charge >= 0.3 is 12.2 Å². The first kappa shape index (κ1) is 13.3. The normalized spacial score (nSPS) is 18.2. The van der Waals surface area contributed by atoms with E-state index in [0.29, 0.717) is 0 Å². The zero-order valence-electron chi connectivity index (χ0n) is 10.3. The Bertz CT molecular complexity index is 353. The Morgan fingerprint density at radius 2 is 1.94 bits per heavy atom. The van der Waals surface area contributed by atoms with Crippen LogP contribution in [-0.4, -0.2) is 53.8 Å². The summed E-state index contributed by atoms with van der Waals surface area (Å²) in [5.74, 6) is -0.487. The maximum Gasteiger partial charge on any atom is 0.418 e. The third kappa shape index (κ3) is 2.17. The minimum atomic E-state index is -1.09. The molecule has 1 aliphatic heterocycles. The van der Waals surface area contributed by atoms with Crippen LogP contribution in [0.25, 0.3) is 0 Å². The topological polar surface area (TPSA) is 76.2 Å². The molecule has 7 heteroatoms. The van der Waals surface area contributed by atoms with Gasteiger partial charge in [0, 0.05) is 0 Å². The van der Waals surface area contributed by atoms with Crippen molar-refractivity contribution < 1.29 is 23.9 Å². The zero-order chi connectivity index (χ0) is 13.2. The Morgan fingerprint density at radius 3 is 2.41 bits per heavy atom. The average molecular weight is 244 g/mol. The maximum absolute atomic E-state index is 11.7. The van der Waals surface area contributed by atoms with Crippen molar-refractivity contribution >= 4 is 18.1 Å². The Balaban J connectivity index is 2.97. The summed E-state index contributed by atoms with van der Waals surface area (Å²) in [6.45, 7) is 4.76. The molecule has 0 unspecified atom stereocenters. The van der Waals surface area contributed by atoms with Crippen LogP contribution >= 0.6 is 0 Å². The number of hydrogen-bond donors (Lipinski definition) is 0. The van der Waals surface area contributed by atoms with E-state index in [4.69, 9.17) is 4.74 Å². The van der Waals surface area contributed by atoms with E-state index in [1.54, 1.807) is 20.8 Å². The minimum Gasteiger partial charge on any atom is -0.453 e. The van der Waals surface area contributed by atoms with E-state index in [2.05, 4.69) is 4.74 Å². The van der Waals surface area contributed by atoms with Gasteiger partial charge in [-0.3, -0.25) is 9.69 Å². The lowest BCUT2D eigenvalue weighted by Crippen LogP contribution is -2.53. The van der Waals surface area contributed by atoms with Crippen molar-refractivity contribution in [1.29, 1.82) is 0 Å². The van der Waals surface area contributed by atoms with Gasteiger partial charge in [0.25, 0.3) is 5.91 Å². The molecule has 96 valence electrons. The number of nitrogens with zero attached hydrogens (tertiary/aromatic N) is 2. The van der Waals surface area contributed by atoms with E-state index in [1.165, 1.54) is 12.0 Å². The number of imide groups is 1. The molecule has 0 aliphatic carbocycles. The molecule has 1 aliphatic rings. The number of rotatable bonds is 1. The highest BCUT2D eigenvalue weighted by Gasteiger charge is 2.51. The summed E-state index contributed by atoms with van der Waals surface area (Å²) in [6.07, 6.45) is -1.41. The molecule has 0 saturated carbocycles. The largest absolute Gasteiger partial charge is 0.453 e. The quantitative estimate of drug-likeness (QED) is 0.681. The summed E-state index contributed by atoms with van der Waals surface area (Å²) in [4.78, 5) is 36.9. The van der Waals surface area contributed by atoms with E-state index < -0.39 is 23.8 Å². The van der Waals surface area contributed by atoms with Gasteiger partial charge in [-0.15, -0.1) is 0 Å². The number of carbonyl (C=O) groups excluding carboxylic acids is 3. The molecule has 0 bridgehead atoms. The molecule has 0 aromatic carbocycles. The lowest BCUT2D eigenvalue weighted by molar-refractivity contribution is -0.127. The van der Waals surface area contributed by atoms with Gasteiger partial charge < -0.3 is 9.47 Å². The molecule has 0 atom stereocenters. The highest BCUT2D eigenvalue weighted by atomic mass is 16.6. The average Bonchev–Trinajstić information content (AvgIpc) is 2.48. The molecule has 3 amide bonds. The molecule has 0 N–H and O–H groups in total. The van der Waals surface area contributed by atoms with Crippen LogP contribution in [0, 0.1) is 0 Å². The molecule has 0 aromatic rings. The standard InChI is InChI=1S/C10H16N2O5/c1-5-17-9(15)12-7(13)6-11(8(14)16-4)10(12,2)3/h5-6H2,1-4H3. The van der Waals surface area contributed by atoms with Crippen molar-refractivity contribution in [3.05, 3.63) is 0 Å². The highest BCUT2D eigenvalue weighted by Crippen LogP contribution is 2.28. The fourth-order valence-corrected chi connectivity index (χ4v) is 1.74. The summed E-state index contributed by atoms with van der Waals surface area (Å²) >= 11 is 0. The van der Waals surface area contributed by atoms with Gasteiger partial charge in [0.15, 0.2) is 0 Å². The number of amides is 3. The van der Waals surface area contributed by atoms with E-state index in [0.717, 1.165) is 4.90 Å². The van der Waals surface area contributed by atoms with Crippen LogP contribution < -0.4 is 0 Å². The number of hydrogen-bond acceptors (Lipinski definition) is 5. The van der Waals surface area contributed by atoms with Crippen molar-refractivity contribution in [1.82, 2.24) is 9.80 Å². The Morgan fingerprint density at radius 1 is 1.35 bits per heavy atom. The second-order valence-corrected chi connectivity index (χ2v) is 3.98. The molecule has 1 fully saturated rings. The van der Waals surface area contributed by atoms with Crippen molar-refractivity contribution in [2.45, 2.75) is 26.4 Å². The number of methoxy groups -OCH3 is 1. The molecule has 1 rings (SSSR count). The summed E-state index contributed by atoms with van der Waals surface area (Å²) in [5, 5.41) is 0. The van der Waals surface area contributed by atoms with Gasteiger partial charge in [-0.1, -0.05) is 0 Å². The second-order valence-electron chi connectivity index (χ2n) is 3.98. The molecule has 0 spiro atoms. The smallest absolute Gasteiger partial charge is 0.418 e. The van der Waals surface area contributed by atoms with Crippen LogP contribution in [0.3, 0.4) is 0 Å². The van der Waals surface area contributed by atoms with E-state index >= 15 is 0 Å². The summed E-state index contributed by atoms with van der Waals surface area (Å²) in [7, 11) is 1.22. The Kier molecular flexibility index (Phi) is 3.59. The first-order chi connectivity index (χ1) is 7.86. The number of ether oxygens (including phenoxy) is 2. The first-order valence-corrected chi connectivity index (χ1v) is 5.21. The van der Waals surface area contributed by atoms with Crippen LogP contribution in [0.2, 0.25) is 0 Å². The van der Waals surface area contributed by atoms with Crippen LogP contribution in [0.4, 0.5) is 9.59 Å². The monoisotopic (exact) mass is 244 g/mol. The predicted octanol–water partition coefficient (Wildman–Crippen LogP) is 0.790. The van der Waals surface area contributed by atoms with Crippen LogP contribution in [0.15, 0.2) is 0 Å². The van der Waals surface area contributed by atoms with Crippen LogP contribution in [0.1, 0.15) is 20.8 Å². The van der Waals surface area contributed by atoms with Crippen molar-refractivity contribution in [2.24, 2.45) is 0 Å². The Hall–Kier alpha value is -1.79. The third-order valence-corrected chi connectivity index (χ3v) is 2.60. The molecule has 1 saturated heterocycles. The summed E-state index contributed by atoms with van der Waals surface area (Å²) < 4.78 is 9.34. The SMILES string of the molecule is CCOC(=O)N1C(=O)CN(C(=O)OC)C1(C)C. The summed E-state index contributed by atoms with van der Waals surface area (Å²) in [6, 6.07) is 0. The van der Waals surface area contributed by atoms with E-state index in [-0.39, 0.29) is 13.2 Å². The van der Waals surface area contributed by atoms with Gasteiger partial charge in [-0.05, 0) is 20.8 Å². The fourth-order valence-electron chi connectivity index (χ4n) is 1.74. The molecule has 0 aromatic heterocycles. The minimum absolute atomic E-state index is 0.164. The lowest BCUT2D eigenvalue weighted by atomic mass is 10.2. The molecular formula is C10H16N2O5. The van der Waals surface area contributed by atoms with Gasteiger partial charge in [-0.2, -0.15) is 0 Å². The van der Waals surface area contributed by atoms with Crippen molar-refractivity contribution in [3.8, 4) is 0 Å². The molecule has 0 radical (unpaired) electrons. The molecule has 1 heterocycles. The van der Waals surface area contributed by atoms with Gasteiger partial charge in [0.2, 0.25) is 0 Å². The maximum atomic E-state index is 11.7. The molecule has 7 nitrogen and oxygen atoms in total. The van der Waals surface area contributed by atoms with E-state index in [1.807, 2.05) is 0 Å². The van der Waals surface area contributed by atoms with Gasteiger partial charge in [-0.25, -0.2) is 14.5 Å². The van der Waals surface area contributed by atoms with Gasteiger partial charge in [0.05, 0.1) is 13.7 Å². The third-order valence-electron chi connectivity index (χ3n) is 2.60. The lowest BCUT2D eigenvalue weighted by Gasteiger charge is -2.34. The van der Waals surface area contributed by atoms with Crippen molar-refractivity contribution in [3.63, 3.8) is 0 Å². The van der Waals surface area contributed by atoms with Crippen molar-refractivity contribution in [2.75, 3.05) is 20.3 Å². The van der Waals surface area contributed by atoms with Gasteiger partial charge in [0.1, 0.15) is 12.2 Å². The predicted molar refractivity (Wildman–Crippen MR) is 57.1 cm³/mol. The number of carbonyl (C=O) groups is 3. The Labute approximate surface area is 99.2 Å². The van der Waals surface area contributed by atoms with Crippen LogP contribution in [0.5, 0.6) is 0 Å². The van der Waals surface area contributed by atoms with E-state index in [9.17, 15) is 14.4 Å². The second kappa shape index (κ2) is 4.60. The molecule has 17 heavy (non-hydrogen) atoms.